The van der Waals surface area contributed by atoms with Crippen LogP contribution < -0.4 is 10.6 Å². The number of fused-ring (bicyclic) bond motifs is 1. The lowest BCUT2D eigenvalue weighted by molar-refractivity contribution is 0.156. The first kappa shape index (κ1) is 11.5. The van der Waals surface area contributed by atoms with Gasteiger partial charge in [0.1, 0.15) is 5.82 Å². The molecule has 0 aliphatic rings. The Morgan fingerprint density at radius 3 is 2.71 bits per heavy atom. The Balaban J connectivity index is 2.51. The van der Waals surface area contributed by atoms with Gasteiger partial charge in [-0.05, 0) is 12.1 Å². The number of hydrogen-bond acceptors (Lipinski definition) is 4. The van der Waals surface area contributed by atoms with Crippen molar-refractivity contribution in [2.45, 2.75) is 6.43 Å². The van der Waals surface area contributed by atoms with Gasteiger partial charge in [-0.15, -0.1) is 0 Å². The van der Waals surface area contributed by atoms with Gasteiger partial charge in [-0.25, -0.2) is 13.8 Å². The maximum Gasteiger partial charge on any atom is 0.255 e. The molecule has 2 N–H and O–H groups in total. The van der Waals surface area contributed by atoms with Crippen LogP contribution in [0.4, 0.5) is 20.5 Å². The highest BCUT2D eigenvalue weighted by molar-refractivity contribution is 5.90. The molecule has 6 heteroatoms. The number of nitrogen functional groups attached to an aromatic ring is 1. The van der Waals surface area contributed by atoms with E-state index in [4.69, 9.17) is 5.73 Å². The second-order valence-electron chi connectivity index (χ2n) is 3.69. The number of hydrogen-bond donors (Lipinski definition) is 1. The Morgan fingerprint density at radius 2 is 2.00 bits per heavy atom. The number of benzene rings is 1. The van der Waals surface area contributed by atoms with Crippen molar-refractivity contribution in [1.29, 1.82) is 0 Å². The Bertz CT molecular complexity index is 530. The van der Waals surface area contributed by atoms with E-state index in [0.717, 1.165) is 0 Å². The average molecular weight is 238 g/mol. The largest absolute Gasteiger partial charge is 0.368 e. The fourth-order valence-electron chi connectivity index (χ4n) is 1.66. The van der Waals surface area contributed by atoms with E-state index in [-0.39, 0.29) is 12.5 Å². The second kappa shape index (κ2) is 4.48. The minimum atomic E-state index is -2.42. The summed E-state index contributed by atoms with van der Waals surface area (Å²) in [6, 6.07) is 7.17. The molecule has 1 aromatic carbocycles. The van der Waals surface area contributed by atoms with Gasteiger partial charge < -0.3 is 10.6 Å². The fourth-order valence-corrected chi connectivity index (χ4v) is 1.66. The van der Waals surface area contributed by atoms with Crippen LogP contribution in [0.3, 0.4) is 0 Å². The summed E-state index contributed by atoms with van der Waals surface area (Å²) < 4.78 is 24.7. The highest BCUT2D eigenvalue weighted by atomic mass is 19.3. The Labute approximate surface area is 97.1 Å². The van der Waals surface area contributed by atoms with Crippen LogP contribution in [0.2, 0.25) is 0 Å². The Kier molecular flexibility index (Phi) is 3.03. The molecular formula is C11H12F2N4. The Morgan fingerprint density at radius 1 is 1.29 bits per heavy atom. The monoisotopic (exact) mass is 238 g/mol. The molecule has 1 heterocycles. The number of nitrogens with two attached hydrogens (primary N) is 1. The normalized spacial score (nSPS) is 11.1. The van der Waals surface area contributed by atoms with Crippen LogP contribution in [-0.4, -0.2) is 30.0 Å². The van der Waals surface area contributed by atoms with Crippen molar-refractivity contribution in [1.82, 2.24) is 9.97 Å². The number of halogens is 2. The molecule has 1 aromatic heterocycles. The highest BCUT2D eigenvalue weighted by Crippen LogP contribution is 2.23. The molecule has 0 spiro atoms. The van der Waals surface area contributed by atoms with Crippen molar-refractivity contribution in [2.24, 2.45) is 0 Å². The van der Waals surface area contributed by atoms with Crippen molar-refractivity contribution in [3.8, 4) is 0 Å². The van der Waals surface area contributed by atoms with Crippen LogP contribution in [0.1, 0.15) is 0 Å². The van der Waals surface area contributed by atoms with E-state index in [9.17, 15) is 8.78 Å². The maximum absolute atomic E-state index is 12.4. The van der Waals surface area contributed by atoms with Crippen molar-refractivity contribution >= 4 is 22.7 Å². The number of aromatic nitrogens is 2. The molecule has 2 rings (SSSR count). The molecule has 0 bridgehead atoms. The zero-order valence-electron chi connectivity index (χ0n) is 9.27. The summed E-state index contributed by atoms with van der Waals surface area (Å²) >= 11 is 0. The number of para-hydroxylation sites is 1. The summed E-state index contributed by atoms with van der Waals surface area (Å²) in [5.74, 6) is 0.508. The molecule has 0 atom stereocenters. The third-order valence-corrected chi connectivity index (χ3v) is 2.37. The Hall–Kier alpha value is -1.98. The SMILES string of the molecule is CN(CC(F)F)c1nc(N)nc2ccccc12. The van der Waals surface area contributed by atoms with Crippen molar-refractivity contribution in [2.75, 3.05) is 24.2 Å². The molecule has 0 fully saturated rings. The van der Waals surface area contributed by atoms with Crippen LogP contribution in [0, 0.1) is 0 Å². The zero-order chi connectivity index (χ0) is 12.4. The summed E-state index contributed by atoms with van der Waals surface area (Å²) in [5.41, 5.74) is 6.21. The van der Waals surface area contributed by atoms with E-state index < -0.39 is 6.43 Å². The summed E-state index contributed by atoms with van der Waals surface area (Å²) in [4.78, 5) is 9.44. The van der Waals surface area contributed by atoms with Crippen molar-refractivity contribution in [3.05, 3.63) is 24.3 Å². The standard InChI is InChI=1S/C11H12F2N4/c1-17(6-9(12)13)10-7-4-2-3-5-8(7)15-11(14)16-10/h2-5,9H,6H2,1H3,(H2,14,15,16). The molecule has 0 saturated heterocycles. The summed E-state index contributed by atoms with van der Waals surface area (Å²) in [5, 5.41) is 0.713. The minimum absolute atomic E-state index is 0.0832. The van der Waals surface area contributed by atoms with E-state index in [1.807, 2.05) is 12.1 Å². The van der Waals surface area contributed by atoms with Crippen molar-refractivity contribution < 1.29 is 8.78 Å². The molecule has 0 radical (unpaired) electrons. The maximum atomic E-state index is 12.4. The van der Waals surface area contributed by atoms with Gasteiger partial charge in [-0.3, -0.25) is 0 Å². The van der Waals surface area contributed by atoms with Crippen LogP contribution in [0.15, 0.2) is 24.3 Å². The van der Waals surface area contributed by atoms with E-state index in [0.29, 0.717) is 16.7 Å². The van der Waals surface area contributed by atoms with Gasteiger partial charge in [0.25, 0.3) is 6.43 Å². The highest BCUT2D eigenvalue weighted by Gasteiger charge is 2.13. The summed E-state index contributed by atoms with van der Waals surface area (Å²) in [7, 11) is 1.56. The predicted molar refractivity (Wildman–Crippen MR) is 63.2 cm³/mol. The number of rotatable bonds is 3. The molecule has 4 nitrogen and oxygen atoms in total. The summed E-state index contributed by atoms with van der Waals surface area (Å²) in [6.07, 6.45) is -2.42. The molecule has 0 amide bonds. The third kappa shape index (κ3) is 2.41. The molecule has 90 valence electrons. The van der Waals surface area contributed by atoms with Crippen LogP contribution >= 0.6 is 0 Å². The first-order valence-corrected chi connectivity index (χ1v) is 5.09. The smallest absolute Gasteiger partial charge is 0.255 e. The first-order valence-electron chi connectivity index (χ1n) is 5.09. The quantitative estimate of drug-likeness (QED) is 0.887. The molecule has 17 heavy (non-hydrogen) atoms. The minimum Gasteiger partial charge on any atom is -0.368 e. The van der Waals surface area contributed by atoms with Gasteiger partial charge in [-0.1, -0.05) is 12.1 Å². The van der Waals surface area contributed by atoms with Gasteiger partial charge in [0.2, 0.25) is 5.95 Å². The van der Waals surface area contributed by atoms with E-state index in [1.165, 1.54) is 4.90 Å². The molecule has 0 aliphatic heterocycles. The lowest BCUT2D eigenvalue weighted by Crippen LogP contribution is -2.25. The number of anilines is 2. The van der Waals surface area contributed by atoms with Gasteiger partial charge >= 0.3 is 0 Å². The first-order chi connectivity index (χ1) is 8.08. The third-order valence-electron chi connectivity index (χ3n) is 2.37. The van der Waals surface area contributed by atoms with E-state index in [2.05, 4.69) is 9.97 Å². The van der Waals surface area contributed by atoms with Crippen LogP contribution in [0.25, 0.3) is 10.9 Å². The lowest BCUT2D eigenvalue weighted by Gasteiger charge is -2.19. The van der Waals surface area contributed by atoms with Crippen LogP contribution in [-0.2, 0) is 0 Å². The molecule has 0 unspecified atom stereocenters. The second-order valence-corrected chi connectivity index (χ2v) is 3.69. The van der Waals surface area contributed by atoms with Crippen LogP contribution in [0.5, 0.6) is 0 Å². The molecule has 0 aliphatic carbocycles. The summed E-state index contributed by atoms with van der Waals surface area (Å²) in [6.45, 7) is -0.388. The van der Waals surface area contributed by atoms with Gasteiger partial charge in [0, 0.05) is 12.4 Å². The molecular weight excluding hydrogens is 226 g/mol. The molecule has 2 aromatic rings. The zero-order valence-corrected chi connectivity index (χ0v) is 9.27. The van der Waals surface area contributed by atoms with Gasteiger partial charge in [0.15, 0.2) is 0 Å². The predicted octanol–water partition coefficient (Wildman–Crippen LogP) is 1.91. The van der Waals surface area contributed by atoms with Crippen molar-refractivity contribution in [3.63, 3.8) is 0 Å². The van der Waals surface area contributed by atoms with E-state index >= 15 is 0 Å². The lowest BCUT2D eigenvalue weighted by atomic mass is 10.2. The topological polar surface area (TPSA) is 55.0 Å². The van der Waals surface area contributed by atoms with Gasteiger partial charge in [0.05, 0.1) is 12.1 Å². The number of alkyl halides is 2. The average Bonchev–Trinajstić information content (AvgIpc) is 2.26. The molecule has 0 saturated carbocycles. The van der Waals surface area contributed by atoms with E-state index in [1.54, 1.807) is 19.2 Å². The van der Waals surface area contributed by atoms with Gasteiger partial charge in [-0.2, -0.15) is 4.98 Å². The number of nitrogens with zero attached hydrogens (tertiary/aromatic N) is 3. The fraction of sp³-hybridized carbons (Fsp3) is 0.273.